The summed E-state index contributed by atoms with van der Waals surface area (Å²) >= 11 is 1.51. The highest BCUT2D eigenvalue weighted by molar-refractivity contribution is 7.98. The molecule has 0 aliphatic rings. The summed E-state index contributed by atoms with van der Waals surface area (Å²) in [5.74, 6) is -0.677. The van der Waals surface area contributed by atoms with Gasteiger partial charge in [-0.2, -0.15) is 0 Å². The molecule has 1 N–H and O–H groups in total. The summed E-state index contributed by atoms with van der Waals surface area (Å²) in [4.78, 5) is 22.7. The van der Waals surface area contributed by atoms with Crippen LogP contribution >= 0.6 is 11.8 Å². The van der Waals surface area contributed by atoms with Gasteiger partial charge in [0.25, 0.3) is 5.91 Å². The van der Waals surface area contributed by atoms with Gasteiger partial charge in [-0.15, -0.1) is 16.9 Å². The lowest BCUT2D eigenvalue weighted by Gasteiger charge is -1.97. The standard InChI is InChI=1S/C14H10N4O5S/c19-13(10-6-7-12(22-10)18(20)21)15-14-17-16-11(23-14)8-24-9-4-2-1-3-5-9/h1-7H,8H2,(H,15,17,19). The summed E-state index contributed by atoms with van der Waals surface area (Å²) in [7, 11) is 0. The van der Waals surface area contributed by atoms with E-state index in [0.29, 0.717) is 11.6 Å². The third kappa shape index (κ3) is 3.79. The average Bonchev–Trinajstić information content (AvgIpc) is 3.23. The maximum atomic E-state index is 11.9. The van der Waals surface area contributed by atoms with Gasteiger partial charge in [0.2, 0.25) is 5.89 Å². The summed E-state index contributed by atoms with van der Waals surface area (Å²) in [6.07, 6.45) is 0. The minimum atomic E-state index is -0.734. The number of hydrogen-bond acceptors (Lipinski definition) is 8. The molecule has 0 aliphatic heterocycles. The molecule has 3 aromatic rings. The number of carbonyl (C=O) groups is 1. The van der Waals surface area contributed by atoms with E-state index in [-0.39, 0.29) is 11.8 Å². The smallest absolute Gasteiger partial charge is 0.407 e. The molecule has 0 saturated carbocycles. The van der Waals surface area contributed by atoms with Crippen LogP contribution < -0.4 is 5.32 Å². The van der Waals surface area contributed by atoms with E-state index in [4.69, 9.17) is 8.83 Å². The summed E-state index contributed by atoms with van der Waals surface area (Å²) in [5, 5.41) is 20.4. The van der Waals surface area contributed by atoms with Gasteiger partial charge in [0.15, 0.2) is 5.76 Å². The van der Waals surface area contributed by atoms with Gasteiger partial charge in [-0.25, -0.2) is 0 Å². The fourth-order valence-corrected chi connectivity index (χ4v) is 2.49. The van der Waals surface area contributed by atoms with Gasteiger partial charge >= 0.3 is 11.9 Å². The molecule has 0 aliphatic carbocycles. The second kappa shape index (κ2) is 6.96. The van der Waals surface area contributed by atoms with Crippen LogP contribution in [-0.4, -0.2) is 21.0 Å². The topological polar surface area (TPSA) is 124 Å². The highest BCUT2D eigenvalue weighted by atomic mass is 32.2. The quantitative estimate of drug-likeness (QED) is 0.410. The Morgan fingerprint density at radius 2 is 1.96 bits per heavy atom. The second-order valence-electron chi connectivity index (χ2n) is 4.45. The van der Waals surface area contributed by atoms with E-state index in [1.165, 1.54) is 17.8 Å². The van der Waals surface area contributed by atoms with Crippen molar-refractivity contribution in [3.05, 3.63) is 64.2 Å². The molecule has 0 bridgehead atoms. The largest absolute Gasteiger partial charge is 0.433 e. The van der Waals surface area contributed by atoms with Crippen molar-refractivity contribution in [3.8, 4) is 0 Å². The first-order valence-electron chi connectivity index (χ1n) is 6.67. The van der Waals surface area contributed by atoms with Crippen LogP contribution in [0.5, 0.6) is 0 Å². The summed E-state index contributed by atoms with van der Waals surface area (Å²) < 4.78 is 10.1. The number of nitro groups is 1. The minimum absolute atomic E-state index is 0.109. The fourth-order valence-electron chi connectivity index (χ4n) is 1.73. The van der Waals surface area contributed by atoms with Gasteiger partial charge in [0.05, 0.1) is 11.8 Å². The molecule has 0 atom stereocenters. The predicted molar refractivity (Wildman–Crippen MR) is 83.6 cm³/mol. The summed E-state index contributed by atoms with van der Waals surface area (Å²) in [6.45, 7) is 0. The molecule has 0 fully saturated rings. The number of rotatable bonds is 6. The van der Waals surface area contributed by atoms with Crippen LogP contribution in [0.4, 0.5) is 11.9 Å². The molecule has 122 valence electrons. The van der Waals surface area contributed by atoms with Crippen LogP contribution in [0.25, 0.3) is 0 Å². The Bertz CT molecular complexity index is 861. The van der Waals surface area contributed by atoms with Crippen molar-refractivity contribution >= 4 is 29.6 Å². The molecule has 9 nitrogen and oxygen atoms in total. The van der Waals surface area contributed by atoms with Crippen LogP contribution in [0.2, 0.25) is 0 Å². The number of benzene rings is 1. The Hall–Kier alpha value is -3.14. The van der Waals surface area contributed by atoms with E-state index in [9.17, 15) is 14.9 Å². The minimum Gasteiger partial charge on any atom is -0.407 e. The zero-order chi connectivity index (χ0) is 16.9. The first-order valence-corrected chi connectivity index (χ1v) is 7.66. The van der Waals surface area contributed by atoms with Gasteiger partial charge in [-0.05, 0) is 18.2 Å². The van der Waals surface area contributed by atoms with Crippen molar-refractivity contribution in [2.45, 2.75) is 10.6 Å². The highest BCUT2D eigenvalue weighted by Gasteiger charge is 2.19. The van der Waals surface area contributed by atoms with E-state index < -0.39 is 16.7 Å². The fraction of sp³-hybridized carbons (Fsp3) is 0.0714. The zero-order valence-corrected chi connectivity index (χ0v) is 12.9. The van der Waals surface area contributed by atoms with Crippen LogP contribution in [0.3, 0.4) is 0 Å². The van der Waals surface area contributed by atoms with Crippen molar-refractivity contribution in [1.29, 1.82) is 0 Å². The Labute approximate surface area is 139 Å². The van der Waals surface area contributed by atoms with Gasteiger partial charge in [-0.1, -0.05) is 23.3 Å². The lowest BCUT2D eigenvalue weighted by molar-refractivity contribution is -0.402. The predicted octanol–water partition coefficient (Wildman–Crippen LogP) is 3.12. The van der Waals surface area contributed by atoms with E-state index >= 15 is 0 Å². The van der Waals surface area contributed by atoms with Gasteiger partial charge < -0.3 is 8.83 Å². The van der Waals surface area contributed by atoms with Crippen molar-refractivity contribution in [2.24, 2.45) is 0 Å². The lowest BCUT2D eigenvalue weighted by Crippen LogP contribution is -2.11. The number of furan rings is 1. The number of amides is 1. The van der Waals surface area contributed by atoms with Crippen molar-refractivity contribution < 1.29 is 18.6 Å². The lowest BCUT2D eigenvalue weighted by atomic mass is 10.4. The summed E-state index contributed by atoms with van der Waals surface area (Å²) in [5.41, 5.74) is 0. The Morgan fingerprint density at radius 1 is 1.17 bits per heavy atom. The van der Waals surface area contributed by atoms with Crippen LogP contribution in [0.15, 0.2) is 56.2 Å². The number of nitrogens with zero attached hydrogens (tertiary/aromatic N) is 3. The average molecular weight is 346 g/mol. The molecule has 1 amide bonds. The maximum Gasteiger partial charge on any atom is 0.433 e. The molecule has 3 rings (SSSR count). The molecule has 1 aromatic carbocycles. The Morgan fingerprint density at radius 3 is 2.67 bits per heavy atom. The molecule has 0 unspecified atom stereocenters. The van der Waals surface area contributed by atoms with Gasteiger partial charge in [0.1, 0.15) is 4.92 Å². The molecule has 2 heterocycles. The molecule has 2 aromatic heterocycles. The molecule has 24 heavy (non-hydrogen) atoms. The number of nitrogens with one attached hydrogen (secondary N) is 1. The molecular weight excluding hydrogens is 336 g/mol. The molecule has 0 saturated heterocycles. The Balaban J connectivity index is 1.59. The third-order valence-corrected chi connectivity index (χ3v) is 3.79. The van der Waals surface area contributed by atoms with E-state index in [0.717, 1.165) is 11.0 Å². The number of carbonyl (C=O) groups excluding carboxylic acids is 1. The van der Waals surface area contributed by atoms with Crippen LogP contribution in [0.1, 0.15) is 16.4 Å². The summed E-state index contributed by atoms with van der Waals surface area (Å²) in [6, 6.07) is 11.8. The first kappa shape index (κ1) is 15.7. The van der Waals surface area contributed by atoms with Crippen molar-refractivity contribution in [1.82, 2.24) is 10.2 Å². The van der Waals surface area contributed by atoms with Crippen LogP contribution in [0, 0.1) is 10.1 Å². The number of hydrogen-bond donors (Lipinski definition) is 1. The highest BCUT2D eigenvalue weighted by Crippen LogP contribution is 2.22. The van der Waals surface area contributed by atoms with Crippen LogP contribution in [-0.2, 0) is 5.75 Å². The zero-order valence-electron chi connectivity index (χ0n) is 12.0. The van der Waals surface area contributed by atoms with Gasteiger partial charge in [0, 0.05) is 4.90 Å². The normalized spacial score (nSPS) is 10.5. The molecule has 10 heteroatoms. The number of aromatic nitrogens is 2. The number of thioether (sulfide) groups is 1. The maximum absolute atomic E-state index is 11.9. The first-order chi connectivity index (χ1) is 11.6. The van der Waals surface area contributed by atoms with Gasteiger partial charge in [-0.3, -0.25) is 20.2 Å². The Kier molecular flexibility index (Phi) is 4.57. The van der Waals surface area contributed by atoms with E-state index in [1.54, 1.807) is 0 Å². The monoisotopic (exact) mass is 346 g/mol. The molecule has 0 spiro atoms. The van der Waals surface area contributed by atoms with E-state index in [1.807, 2.05) is 30.3 Å². The van der Waals surface area contributed by atoms with Crippen molar-refractivity contribution in [2.75, 3.05) is 5.32 Å². The number of anilines is 1. The second-order valence-corrected chi connectivity index (χ2v) is 5.50. The molecular formula is C14H10N4O5S. The van der Waals surface area contributed by atoms with Crippen molar-refractivity contribution in [3.63, 3.8) is 0 Å². The SMILES string of the molecule is O=C(Nc1nnc(CSc2ccccc2)o1)c1ccc([N+](=O)[O-])o1. The van der Waals surface area contributed by atoms with E-state index in [2.05, 4.69) is 15.5 Å². The third-order valence-electron chi connectivity index (χ3n) is 2.79. The molecule has 0 radical (unpaired) electrons.